The third-order valence-corrected chi connectivity index (χ3v) is 3.53. The molecule has 6 nitrogen and oxygen atoms in total. The molecular formula is C14H18F3N5O. The summed E-state index contributed by atoms with van der Waals surface area (Å²) in [4.78, 5) is 12.1. The third-order valence-electron chi connectivity index (χ3n) is 3.53. The number of carbonyl (C=O) groups excluding carboxylic acids is 1. The second-order valence-electron chi connectivity index (χ2n) is 5.42. The maximum atomic E-state index is 12.6. The van der Waals surface area contributed by atoms with Crippen molar-refractivity contribution in [3.05, 3.63) is 35.4 Å². The van der Waals surface area contributed by atoms with E-state index in [1.54, 1.807) is 30.9 Å². The summed E-state index contributed by atoms with van der Waals surface area (Å²) >= 11 is 0. The van der Waals surface area contributed by atoms with Crippen LogP contribution in [0.15, 0.2) is 18.3 Å². The van der Waals surface area contributed by atoms with Gasteiger partial charge in [-0.15, -0.1) is 0 Å². The molecule has 23 heavy (non-hydrogen) atoms. The molecule has 0 radical (unpaired) electrons. The Morgan fingerprint density at radius 2 is 2.13 bits per heavy atom. The lowest BCUT2D eigenvalue weighted by Gasteiger charge is -2.13. The molecule has 0 saturated carbocycles. The first kappa shape index (κ1) is 17.0. The molecular weight excluding hydrogens is 311 g/mol. The lowest BCUT2D eigenvalue weighted by molar-refractivity contribution is -0.141. The Labute approximate surface area is 131 Å². The molecule has 1 N–H and O–H groups in total. The van der Waals surface area contributed by atoms with Crippen LogP contribution in [0, 0.1) is 12.8 Å². The van der Waals surface area contributed by atoms with Crippen LogP contribution in [0.4, 0.5) is 13.2 Å². The van der Waals surface area contributed by atoms with Crippen molar-refractivity contribution >= 4 is 5.91 Å². The molecule has 2 heterocycles. The third kappa shape index (κ3) is 4.11. The first-order valence-electron chi connectivity index (χ1n) is 7.04. The Morgan fingerprint density at radius 1 is 1.43 bits per heavy atom. The largest absolute Gasteiger partial charge is 0.435 e. The fourth-order valence-electron chi connectivity index (χ4n) is 2.10. The van der Waals surface area contributed by atoms with Crippen molar-refractivity contribution in [2.45, 2.75) is 33.1 Å². The van der Waals surface area contributed by atoms with E-state index in [0.717, 1.165) is 11.8 Å². The van der Waals surface area contributed by atoms with E-state index in [0.29, 0.717) is 12.2 Å². The van der Waals surface area contributed by atoms with Gasteiger partial charge in [-0.05, 0) is 19.1 Å². The van der Waals surface area contributed by atoms with E-state index in [1.165, 1.54) is 11.6 Å². The molecule has 0 aliphatic carbocycles. The van der Waals surface area contributed by atoms with Gasteiger partial charge >= 0.3 is 6.18 Å². The van der Waals surface area contributed by atoms with Crippen LogP contribution in [0.2, 0.25) is 0 Å². The van der Waals surface area contributed by atoms with Crippen molar-refractivity contribution in [1.29, 1.82) is 0 Å². The highest BCUT2D eigenvalue weighted by molar-refractivity contribution is 5.78. The summed E-state index contributed by atoms with van der Waals surface area (Å²) in [5, 5.41) is 10.3. The van der Waals surface area contributed by atoms with Crippen LogP contribution in [0.1, 0.15) is 24.0 Å². The van der Waals surface area contributed by atoms with E-state index in [9.17, 15) is 18.0 Å². The monoisotopic (exact) mass is 329 g/mol. The maximum Gasteiger partial charge on any atom is 0.435 e. The first-order chi connectivity index (χ1) is 10.7. The number of nitrogens with one attached hydrogen (secondary N) is 1. The molecule has 0 bridgehead atoms. The summed E-state index contributed by atoms with van der Waals surface area (Å²) in [6.07, 6.45) is -2.86. The zero-order valence-corrected chi connectivity index (χ0v) is 13.1. The van der Waals surface area contributed by atoms with E-state index >= 15 is 0 Å². The molecule has 1 amide bonds. The van der Waals surface area contributed by atoms with Gasteiger partial charge in [-0.25, -0.2) is 0 Å². The van der Waals surface area contributed by atoms with Gasteiger partial charge in [-0.1, -0.05) is 6.92 Å². The van der Waals surface area contributed by atoms with E-state index in [2.05, 4.69) is 15.5 Å². The number of alkyl halides is 3. The molecule has 0 aromatic carbocycles. The number of hydrogen-bond donors (Lipinski definition) is 1. The number of aryl methyl sites for hydroxylation is 2. The highest BCUT2D eigenvalue weighted by atomic mass is 19.4. The predicted molar refractivity (Wildman–Crippen MR) is 76.2 cm³/mol. The Morgan fingerprint density at radius 3 is 2.65 bits per heavy atom. The van der Waals surface area contributed by atoms with Gasteiger partial charge in [-0.3, -0.25) is 14.2 Å². The van der Waals surface area contributed by atoms with Crippen molar-refractivity contribution in [3.63, 3.8) is 0 Å². The van der Waals surface area contributed by atoms with Crippen molar-refractivity contribution in [2.24, 2.45) is 13.0 Å². The van der Waals surface area contributed by atoms with Crippen molar-refractivity contribution < 1.29 is 18.0 Å². The SMILES string of the molecule is Cc1cc(C(F)(F)F)nn1CC(C)C(=O)NCc1ccnn1C. The van der Waals surface area contributed by atoms with Gasteiger partial charge in [0.15, 0.2) is 5.69 Å². The van der Waals surface area contributed by atoms with Crippen LogP contribution in [0.5, 0.6) is 0 Å². The Bertz CT molecular complexity index is 689. The number of aromatic nitrogens is 4. The number of amides is 1. The Kier molecular flexibility index (Phi) is 4.76. The van der Waals surface area contributed by atoms with Crippen LogP contribution >= 0.6 is 0 Å². The van der Waals surface area contributed by atoms with Crippen LogP contribution in [-0.4, -0.2) is 25.5 Å². The molecule has 2 aromatic heterocycles. The van der Waals surface area contributed by atoms with Crippen LogP contribution in [0.25, 0.3) is 0 Å². The first-order valence-corrected chi connectivity index (χ1v) is 7.04. The van der Waals surface area contributed by atoms with Crippen LogP contribution < -0.4 is 5.32 Å². The predicted octanol–water partition coefficient (Wildman–Crippen LogP) is 1.90. The standard InChI is InChI=1S/C14H18F3N5O/c1-9(13(23)18-7-11-4-5-19-21(11)3)8-22-10(2)6-12(20-22)14(15,16)17/h4-6,9H,7-8H2,1-3H3,(H,18,23). The topological polar surface area (TPSA) is 64.7 Å². The van der Waals surface area contributed by atoms with Crippen molar-refractivity contribution in [1.82, 2.24) is 24.9 Å². The van der Waals surface area contributed by atoms with E-state index < -0.39 is 17.8 Å². The average Bonchev–Trinajstić information content (AvgIpc) is 3.02. The normalized spacial score (nSPS) is 13.1. The quantitative estimate of drug-likeness (QED) is 0.911. The summed E-state index contributed by atoms with van der Waals surface area (Å²) in [6, 6.07) is 2.75. The molecule has 126 valence electrons. The van der Waals surface area contributed by atoms with E-state index in [-0.39, 0.29) is 12.5 Å². The fraction of sp³-hybridized carbons (Fsp3) is 0.500. The van der Waals surface area contributed by atoms with Crippen LogP contribution in [-0.2, 0) is 31.1 Å². The van der Waals surface area contributed by atoms with Crippen molar-refractivity contribution in [2.75, 3.05) is 0 Å². The van der Waals surface area contributed by atoms with Gasteiger partial charge in [0.25, 0.3) is 0 Å². The summed E-state index contributed by atoms with van der Waals surface area (Å²) in [6.45, 7) is 3.57. The Balaban J connectivity index is 1.96. The lowest BCUT2D eigenvalue weighted by Crippen LogP contribution is -2.32. The minimum atomic E-state index is -4.49. The van der Waals surface area contributed by atoms with Gasteiger partial charge < -0.3 is 5.32 Å². The molecule has 1 unspecified atom stereocenters. The molecule has 0 spiro atoms. The fourth-order valence-corrected chi connectivity index (χ4v) is 2.10. The van der Waals surface area contributed by atoms with Gasteiger partial charge in [-0.2, -0.15) is 23.4 Å². The van der Waals surface area contributed by atoms with Gasteiger partial charge in [0.2, 0.25) is 5.91 Å². The number of hydrogen-bond acceptors (Lipinski definition) is 3. The molecule has 2 aromatic rings. The molecule has 0 fully saturated rings. The minimum Gasteiger partial charge on any atom is -0.350 e. The second kappa shape index (κ2) is 6.43. The number of carbonyl (C=O) groups is 1. The molecule has 9 heteroatoms. The average molecular weight is 329 g/mol. The molecule has 2 rings (SSSR count). The molecule has 0 saturated heterocycles. The number of rotatable bonds is 5. The summed E-state index contributed by atoms with van der Waals surface area (Å²) in [5.41, 5.74) is 0.251. The van der Waals surface area contributed by atoms with E-state index in [1.807, 2.05) is 0 Å². The summed E-state index contributed by atoms with van der Waals surface area (Å²) in [7, 11) is 1.76. The zero-order chi connectivity index (χ0) is 17.2. The van der Waals surface area contributed by atoms with Gasteiger partial charge in [0.05, 0.1) is 24.7 Å². The summed E-state index contributed by atoms with van der Waals surface area (Å²) in [5.74, 6) is -0.766. The minimum absolute atomic E-state index is 0.0825. The highest BCUT2D eigenvalue weighted by Crippen LogP contribution is 2.28. The summed E-state index contributed by atoms with van der Waals surface area (Å²) < 4.78 is 40.7. The van der Waals surface area contributed by atoms with E-state index in [4.69, 9.17) is 0 Å². The van der Waals surface area contributed by atoms with Crippen LogP contribution in [0.3, 0.4) is 0 Å². The Hall–Kier alpha value is -2.32. The number of nitrogens with zero attached hydrogens (tertiary/aromatic N) is 4. The number of halogens is 3. The molecule has 1 atom stereocenters. The van der Waals surface area contributed by atoms with Crippen molar-refractivity contribution in [3.8, 4) is 0 Å². The maximum absolute atomic E-state index is 12.6. The lowest BCUT2D eigenvalue weighted by atomic mass is 10.1. The van der Waals surface area contributed by atoms with Gasteiger partial charge in [0.1, 0.15) is 0 Å². The molecule has 0 aliphatic rings. The smallest absolute Gasteiger partial charge is 0.350 e. The molecule has 0 aliphatic heterocycles. The highest BCUT2D eigenvalue weighted by Gasteiger charge is 2.34. The van der Waals surface area contributed by atoms with Gasteiger partial charge in [0, 0.05) is 18.9 Å². The second-order valence-corrected chi connectivity index (χ2v) is 5.42. The zero-order valence-electron chi connectivity index (χ0n) is 13.1.